The Balaban J connectivity index is 2.34. The van der Waals surface area contributed by atoms with Crippen LogP contribution in [0.2, 0.25) is 0 Å². The van der Waals surface area contributed by atoms with Gasteiger partial charge in [-0.1, -0.05) is 0 Å². The molecule has 0 aliphatic heterocycles. The van der Waals surface area contributed by atoms with Crippen molar-refractivity contribution in [3.63, 3.8) is 0 Å². The molecular weight excluding hydrogens is 194 g/mol. The molecule has 0 atom stereocenters. The number of aryl methyl sites for hydroxylation is 1. The molecule has 2 aromatic rings. The number of thiazole rings is 1. The average molecular weight is 203 g/mol. The van der Waals surface area contributed by atoms with Crippen molar-refractivity contribution in [1.29, 1.82) is 5.26 Å². The first-order valence-electron chi connectivity index (χ1n) is 4.61. The molecule has 1 fully saturated rings. The summed E-state index contributed by atoms with van der Waals surface area (Å²) in [5.41, 5.74) is 1.89. The van der Waals surface area contributed by atoms with Gasteiger partial charge in [-0.05, 0) is 19.8 Å². The highest BCUT2D eigenvalue weighted by molar-refractivity contribution is 7.15. The van der Waals surface area contributed by atoms with Crippen LogP contribution in [-0.4, -0.2) is 9.38 Å². The Labute approximate surface area is 85.6 Å². The third kappa shape index (κ3) is 0.828. The molecule has 2 aromatic heterocycles. The Morgan fingerprint density at radius 2 is 2.43 bits per heavy atom. The predicted molar refractivity (Wildman–Crippen MR) is 54.3 cm³/mol. The maximum atomic E-state index is 9.16. The van der Waals surface area contributed by atoms with Crippen molar-refractivity contribution in [2.45, 2.75) is 25.2 Å². The molecular formula is C10H9N3S. The summed E-state index contributed by atoms with van der Waals surface area (Å²) in [6.07, 6.45) is 3.97. The Bertz CT molecular complexity index is 539. The van der Waals surface area contributed by atoms with Gasteiger partial charge < -0.3 is 0 Å². The van der Waals surface area contributed by atoms with Crippen LogP contribution in [0.15, 0.2) is 11.6 Å². The quantitative estimate of drug-likeness (QED) is 0.713. The number of nitriles is 1. The van der Waals surface area contributed by atoms with Crippen molar-refractivity contribution in [2.75, 3.05) is 0 Å². The van der Waals surface area contributed by atoms with E-state index in [1.54, 1.807) is 11.3 Å². The molecule has 70 valence electrons. The van der Waals surface area contributed by atoms with Crippen LogP contribution in [0.4, 0.5) is 0 Å². The van der Waals surface area contributed by atoms with Crippen molar-refractivity contribution in [2.24, 2.45) is 0 Å². The molecule has 0 radical (unpaired) electrons. The highest BCUT2D eigenvalue weighted by Gasteiger charge is 2.48. The lowest BCUT2D eigenvalue weighted by Crippen LogP contribution is -2.07. The molecule has 0 N–H and O–H groups in total. The molecule has 1 aliphatic carbocycles. The fourth-order valence-electron chi connectivity index (χ4n) is 2.00. The number of hydrogen-bond acceptors (Lipinski definition) is 3. The zero-order valence-corrected chi connectivity index (χ0v) is 8.64. The Morgan fingerprint density at radius 3 is 3.07 bits per heavy atom. The Hall–Kier alpha value is -1.34. The third-order valence-electron chi connectivity index (χ3n) is 2.85. The van der Waals surface area contributed by atoms with Gasteiger partial charge in [0.15, 0.2) is 4.96 Å². The minimum absolute atomic E-state index is 0.232. The first-order chi connectivity index (χ1) is 6.77. The summed E-state index contributed by atoms with van der Waals surface area (Å²) >= 11 is 1.62. The minimum atomic E-state index is -0.232. The van der Waals surface area contributed by atoms with Crippen molar-refractivity contribution in [1.82, 2.24) is 9.38 Å². The molecule has 0 unspecified atom stereocenters. The van der Waals surface area contributed by atoms with Gasteiger partial charge >= 0.3 is 0 Å². The zero-order valence-electron chi connectivity index (χ0n) is 7.82. The van der Waals surface area contributed by atoms with Crippen LogP contribution in [0.5, 0.6) is 0 Å². The van der Waals surface area contributed by atoms with Crippen molar-refractivity contribution < 1.29 is 0 Å². The van der Waals surface area contributed by atoms with E-state index < -0.39 is 0 Å². The molecule has 0 aromatic carbocycles. The van der Waals surface area contributed by atoms with Crippen molar-refractivity contribution in [3.05, 3.63) is 23.0 Å². The summed E-state index contributed by atoms with van der Waals surface area (Å²) in [5.74, 6) is 0. The van der Waals surface area contributed by atoms with Gasteiger partial charge in [-0.25, -0.2) is 4.98 Å². The van der Waals surface area contributed by atoms with Crippen LogP contribution in [-0.2, 0) is 5.41 Å². The standard InChI is InChI=1S/C10H9N3S/c1-7-8(10(6-11)2-3-10)13-4-5-14-9(13)12-7/h4-5H,2-3H2,1H3. The van der Waals surface area contributed by atoms with Gasteiger partial charge in [0, 0.05) is 11.6 Å². The first kappa shape index (κ1) is 8.01. The lowest BCUT2D eigenvalue weighted by atomic mass is 10.0. The van der Waals surface area contributed by atoms with Gasteiger partial charge in [0.05, 0.1) is 22.9 Å². The third-order valence-corrected chi connectivity index (χ3v) is 3.61. The molecule has 0 bridgehead atoms. The van der Waals surface area contributed by atoms with E-state index in [1.807, 2.05) is 18.5 Å². The number of nitrogens with zero attached hydrogens (tertiary/aromatic N) is 3. The maximum absolute atomic E-state index is 9.16. The van der Waals surface area contributed by atoms with Gasteiger partial charge in [0.1, 0.15) is 0 Å². The largest absolute Gasteiger partial charge is 0.293 e. The van der Waals surface area contributed by atoms with E-state index in [1.165, 1.54) is 0 Å². The molecule has 0 saturated heterocycles. The SMILES string of the molecule is Cc1nc2sccn2c1C1(C#N)CC1. The number of hydrogen-bond donors (Lipinski definition) is 0. The second-order valence-electron chi connectivity index (χ2n) is 3.80. The van der Waals surface area contributed by atoms with E-state index in [-0.39, 0.29) is 5.41 Å². The van der Waals surface area contributed by atoms with E-state index in [0.29, 0.717) is 0 Å². The van der Waals surface area contributed by atoms with Gasteiger partial charge in [-0.15, -0.1) is 11.3 Å². The van der Waals surface area contributed by atoms with Crippen LogP contribution in [0, 0.1) is 18.3 Å². The molecule has 2 heterocycles. The zero-order chi connectivity index (χ0) is 9.76. The lowest BCUT2D eigenvalue weighted by Gasteiger charge is -2.04. The number of imidazole rings is 1. The van der Waals surface area contributed by atoms with Crippen LogP contribution in [0.25, 0.3) is 4.96 Å². The monoisotopic (exact) mass is 203 g/mol. The van der Waals surface area contributed by atoms with Gasteiger partial charge in [0.25, 0.3) is 0 Å². The lowest BCUT2D eigenvalue weighted by molar-refractivity contribution is 0.828. The second kappa shape index (κ2) is 2.37. The fraction of sp³-hybridized carbons (Fsp3) is 0.400. The van der Waals surface area contributed by atoms with E-state index in [0.717, 1.165) is 29.2 Å². The summed E-state index contributed by atoms with van der Waals surface area (Å²) in [6.45, 7) is 1.99. The maximum Gasteiger partial charge on any atom is 0.194 e. The van der Waals surface area contributed by atoms with E-state index in [2.05, 4.69) is 15.5 Å². The predicted octanol–water partition coefficient (Wildman–Crippen LogP) is 2.26. The summed E-state index contributed by atoms with van der Waals surface area (Å²) in [7, 11) is 0. The van der Waals surface area contributed by atoms with E-state index in [9.17, 15) is 0 Å². The molecule has 0 spiro atoms. The minimum Gasteiger partial charge on any atom is -0.293 e. The van der Waals surface area contributed by atoms with Gasteiger partial charge in [-0.2, -0.15) is 5.26 Å². The smallest absolute Gasteiger partial charge is 0.194 e. The van der Waals surface area contributed by atoms with Crippen LogP contribution >= 0.6 is 11.3 Å². The summed E-state index contributed by atoms with van der Waals surface area (Å²) < 4.78 is 2.07. The molecule has 3 rings (SSSR count). The second-order valence-corrected chi connectivity index (χ2v) is 4.67. The van der Waals surface area contributed by atoms with Gasteiger partial charge in [-0.3, -0.25) is 4.40 Å². The van der Waals surface area contributed by atoms with Crippen LogP contribution in [0.1, 0.15) is 24.2 Å². The van der Waals surface area contributed by atoms with E-state index in [4.69, 9.17) is 5.26 Å². The summed E-state index contributed by atoms with van der Waals surface area (Å²) in [6, 6.07) is 2.42. The molecule has 14 heavy (non-hydrogen) atoms. The van der Waals surface area contributed by atoms with Crippen molar-refractivity contribution >= 4 is 16.3 Å². The average Bonchev–Trinajstić information content (AvgIpc) is 2.71. The van der Waals surface area contributed by atoms with Gasteiger partial charge in [0.2, 0.25) is 0 Å². The van der Waals surface area contributed by atoms with Crippen molar-refractivity contribution in [3.8, 4) is 6.07 Å². The number of aromatic nitrogens is 2. The number of fused-ring (bicyclic) bond motifs is 1. The highest BCUT2D eigenvalue weighted by atomic mass is 32.1. The highest BCUT2D eigenvalue weighted by Crippen LogP contribution is 2.48. The summed E-state index contributed by atoms with van der Waals surface area (Å²) in [5, 5.41) is 11.2. The molecule has 1 saturated carbocycles. The fourth-order valence-corrected chi connectivity index (χ4v) is 2.76. The van der Waals surface area contributed by atoms with Crippen LogP contribution < -0.4 is 0 Å². The topological polar surface area (TPSA) is 41.1 Å². The molecule has 3 nitrogen and oxygen atoms in total. The Kier molecular flexibility index (Phi) is 1.35. The summed E-state index contributed by atoms with van der Waals surface area (Å²) in [4.78, 5) is 5.46. The molecule has 1 aliphatic rings. The molecule has 4 heteroatoms. The van der Waals surface area contributed by atoms with E-state index >= 15 is 0 Å². The normalized spacial score (nSPS) is 18.3. The Morgan fingerprint density at radius 1 is 1.64 bits per heavy atom. The van der Waals surface area contributed by atoms with Crippen LogP contribution in [0.3, 0.4) is 0 Å². The number of rotatable bonds is 1. The molecule has 0 amide bonds. The first-order valence-corrected chi connectivity index (χ1v) is 5.49.